The lowest BCUT2D eigenvalue weighted by molar-refractivity contribution is 0.356. The molecule has 9 heteroatoms. The summed E-state index contributed by atoms with van der Waals surface area (Å²) in [6, 6.07) is 10.7. The average Bonchev–Trinajstić information content (AvgIpc) is 2.67. The molecule has 0 saturated carbocycles. The molecule has 1 atom stereocenters. The second-order valence-corrected chi connectivity index (χ2v) is 6.54. The number of hydrogen-bond donors (Lipinski definition) is 3. The first-order valence-electron chi connectivity index (χ1n) is 8.16. The Kier molecular flexibility index (Phi) is 5.60. The number of rotatable bonds is 7. The number of anilines is 2. The summed E-state index contributed by atoms with van der Waals surface area (Å²) in [5, 5.41) is 4.17. The van der Waals surface area contributed by atoms with Crippen molar-refractivity contribution in [1.29, 1.82) is 0 Å². The van der Waals surface area contributed by atoms with Gasteiger partial charge in [0.25, 0.3) is 0 Å². The van der Waals surface area contributed by atoms with Crippen LogP contribution in [0.4, 0.5) is 11.5 Å². The number of aromatic nitrogens is 2. The second kappa shape index (κ2) is 8.09. The first-order chi connectivity index (χ1) is 13.0. The molecule has 0 aliphatic heterocycles. The van der Waals surface area contributed by atoms with Crippen LogP contribution in [0, 0.1) is 0 Å². The summed E-state index contributed by atoms with van der Waals surface area (Å²) in [7, 11) is 0.480. The molecule has 0 radical (unpaired) electrons. The number of thiol groups is 1. The van der Waals surface area contributed by atoms with Crippen molar-refractivity contribution < 1.29 is 17.9 Å². The summed E-state index contributed by atoms with van der Waals surface area (Å²) in [6.45, 7) is 1.99. The fourth-order valence-electron chi connectivity index (χ4n) is 2.74. The molecule has 0 amide bonds. The topological polar surface area (TPSA) is 102 Å². The van der Waals surface area contributed by atoms with Crippen molar-refractivity contribution in [3.8, 4) is 11.5 Å². The predicted octanol–water partition coefficient (Wildman–Crippen LogP) is 2.76. The van der Waals surface area contributed by atoms with E-state index in [1.165, 1.54) is 6.33 Å². The maximum atomic E-state index is 10.7. The van der Waals surface area contributed by atoms with E-state index >= 15 is 0 Å². The predicted molar refractivity (Wildman–Crippen MR) is 105 cm³/mol. The summed E-state index contributed by atoms with van der Waals surface area (Å²) in [5.41, 5.74) is 2.23. The van der Waals surface area contributed by atoms with Gasteiger partial charge in [-0.05, 0) is 30.7 Å². The number of fused-ring (bicyclic) bond motifs is 1. The van der Waals surface area contributed by atoms with E-state index in [2.05, 4.69) is 20.0 Å². The van der Waals surface area contributed by atoms with Crippen LogP contribution in [0.1, 0.15) is 18.5 Å². The summed E-state index contributed by atoms with van der Waals surface area (Å²) in [6.07, 6.45) is 1.49. The van der Waals surface area contributed by atoms with Crippen LogP contribution in [0.2, 0.25) is 0 Å². The lowest BCUT2D eigenvalue weighted by Crippen LogP contribution is -2.09. The van der Waals surface area contributed by atoms with E-state index in [9.17, 15) is 8.42 Å². The van der Waals surface area contributed by atoms with E-state index in [1.807, 2.05) is 25.1 Å². The van der Waals surface area contributed by atoms with Gasteiger partial charge in [0, 0.05) is 23.2 Å². The number of hydrogen-bond acceptors (Lipinski definition) is 7. The molecule has 0 fully saturated rings. The molecule has 3 rings (SSSR count). The molecule has 0 bridgehead atoms. The summed E-state index contributed by atoms with van der Waals surface area (Å²) < 4.78 is 34.5. The number of nitrogens with zero attached hydrogens (tertiary/aromatic N) is 2. The van der Waals surface area contributed by atoms with E-state index in [4.69, 9.17) is 9.47 Å². The Balaban J connectivity index is 1.89. The average molecular weight is 388 g/mol. The van der Waals surface area contributed by atoms with Crippen molar-refractivity contribution in [2.24, 2.45) is 0 Å². The maximum Gasteiger partial charge on any atom is 0.222 e. The van der Waals surface area contributed by atoms with Crippen molar-refractivity contribution in [2.75, 3.05) is 24.3 Å². The zero-order chi connectivity index (χ0) is 19.4. The SMILES string of the molecule is COc1cc2ncnc(N[C@H](C)c3ccc(N[SH](=O)=O)cc3)c2cc1OC. The van der Waals surface area contributed by atoms with Gasteiger partial charge >= 0.3 is 0 Å². The fraction of sp³-hybridized carbons (Fsp3) is 0.222. The molecule has 2 aromatic carbocycles. The van der Waals surface area contributed by atoms with Gasteiger partial charge in [0.1, 0.15) is 12.1 Å². The van der Waals surface area contributed by atoms with Crippen LogP contribution in [-0.2, 0) is 10.9 Å². The normalized spacial score (nSPS) is 12.0. The number of benzene rings is 2. The zero-order valence-electron chi connectivity index (χ0n) is 15.1. The van der Waals surface area contributed by atoms with Gasteiger partial charge in [-0.15, -0.1) is 0 Å². The Morgan fingerprint density at radius 3 is 2.30 bits per heavy atom. The molecule has 1 heterocycles. The highest BCUT2D eigenvalue weighted by molar-refractivity contribution is 7.73. The van der Waals surface area contributed by atoms with Crippen molar-refractivity contribution in [3.05, 3.63) is 48.3 Å². The molecule has 0 aliphatic rings. The highest BCUT2D eigenvalue weighted by Crippen LogP contribution is 2.34. The van der Waals surface area contributed by atoms with Crippen LogP contribution in [0.15, 0.2) is 42.7 Å². The molecule has 3 aromatic rings. The standard InChI is InChI=1S/C18H20N4O4S/c1-11(12-4-6-13(7-5-12)22-27(23)24)21-18-14-8-16(25-2)17(26-3)9-15(14)19-10-20-18/h4-11,27H,1-3H3,(H,19,20,21)(H,22,23,24)/t11-/m1/s1. The Bertz CT molecular complexity index is 1010. The van der Waals surface area contributed by atoms with Crippen molar-refractivity contribution in [3.63, 3.8) is 0 Å². The molecule has 0 spiro atoms. The molecule has 2 N–H and O–H groups in total. The van der Waals surface area contributed by atoms with E-state index in [-0.39, 0.29) is 6.04 Å². The highest BCUT2D eigenvalue weighted by atomic mass is 32.2. The van der Waals surface area contributed by atoms with Gasteiger partial charge in [0.05, 0.1) is 19.7 Å². The van der Waals surface area contributed by atoms with Crippen LogP contribution >= 0.6 is 0 Å². The summed E-state index contributed by atoms with van der Waals surface area (Å²) in [5.74, 6) is 1.86. The molecule has 142 valence electrons. The molecule has 27 heavy (non-hydrogen) atoms. The minimum Gasteiger partial charge on any atom is -0.493 e. The van der Waals surface area contributed by atoms with Crippen LogP contribution in [-0.4, -0.2) is 32.6 Å². The third-order valence-electron chi connectivity index (χ3n) is 4.12. The van der Waals surface area contributed by atoms with Crippen LogP contribution in [0.5, 0.6) is 11.5 Å². The van der Waals surface area contributed by atoms with Gasteiger partial charge in [-0.3, -0.25) is 4.72 Å². The minimum absolute atomic E-state index is 0.0636. The lowest BCUT2D eigenvalue weighted by atomic mass is 10.1. The largest absolute Gasteiger partial charge is 0.493 e. The summed E-state index contributed by atoms with van der Waals surface area (Å²) in [4.78, 5) is 8.64. The Hall–Kier alpha value is -3.07. The van der Waals surface area contributed by atoms with Crippen LogP contribution < -0.4 is 19.5 Å². The minimum atomic E-state index is -2.68. The third-order valence-corrected chi connectivity index (χ3v) is 4.57. The monoisotopic (exact) mass is 388 g/mol. The van der Waals surface area contributed by atoms with Gasteiger partial charge in [-0.1, -0.05) is 12.1 Å². The molecule has 8 nitrogen and oxygen atoms in total. The van der Waals surface area contributed by atoms with E-state index in [1.54, 1.807) is 32.4 Å². The molecule has 0 aliphatic carbocycles. The van der Waals surface area contributed by atoms with E-state index in [0.717, 1.165) is 16.5 Å². The van der Waals surface area contributed by atoms with Gasteiger partial charge in [0.15, 0.2) is 11.5 Å². The van der Waals surface area contributed by atoms with Gasteiger partial charge in [-0.2, -0.15) is 0 Å². The fourth-order valence-corrected chi connectivity index (χ4v) is 3.10. The van der Waals surface area contributed by atoms with Crippen molar-refractivity contribution in [1.82, 2.24) is 9.97 Å². The first kappa shape index (κ1) is 18.7. The Morgan fingerprint density at radius 1 is 1.00 bits per heavy atom. The first-order valence-corrected chi connectivity index (χ1v) is 9.34. The molecule has 0 unspecified atom stereocenters. The van der Waals surface area contributed by atoms with E-state index < -0.39 is 10.9 Å². The summed E-state index contributed by atoms with van der Waals surface area (Å²) >= 11 is 0. The van der Waals surface area contributed by atoms with Crippen molar-refractivity contribution >= 4 is 33.3 Å². The van der Waals surface area contributed by atoms with Gasteiger partial charge in [0.2, 0.25) is 10.9 Å². The van der Waals surface area contributed by atoms with Gasteiger partial charge in [-0.25, -0.2) is 18.4 Å². The third kappa shape index (κ3) is 4.20. The van der Waals surface area contributed by atoms with Crippen LogP contribution in [0.25, 0.3) is 10.9 Å². The maximum absolute atomic E-state index is 10.7. The van der Waals surface area contributed by atoms with Crippen molar-refractivity contribution in [2.45, 2.75) is 13.0 Å². The molecule has 1 aromatic heterocycles. The number of ether oxygens (including phenoxy) is 2. The smallest absolute Gasteiger partial charge is 0.222 e. The van der Waals surface area contributed by atoms with Gasteiger partial charge < -0.3 is 14.8 Å². The number of nitrogens with one attached hydrogen (secondary N) is 2. The Morgan fingerprint density at radius 2 is 1.67 bits per heavy atom. The highest BCUT2D eigenvalue weighted by Gasteiger charge is 2.13. The second-order valence-electron chi connectivity index (χ2n) is 5.80. The zero-order valence-corrected chi connectivity index (χ0v) is 16.0. The Labute approximate surface area is 158 Å². The molecular formula is C18H20N4O4S. The molecule has 0 saturated heterocycles. The molecular weight excluding hydrogens is 368 g/mol. The lowest BCUT2D eigenvalue weighted by Gasteiger charge is -2.17. The van der Waals surface area contributed by atoms with E-state index in [0.29, 0.717) is 23.0 Å². The number of methoxy groups -OCH3 is 2. The van der Waals surface area contributed by atoms with Crippen LogP contribution in [0.3, 0.4) is 0 Å². The quantitative estimate of drug-likeness (QED) is 0.535.